The van der Waals surface area contributed by atoms with Gasteiger partial charge in [-0.1, -0.05) is 50.5 Å². The molecule has 1 saturated heterocycles. The van der Waals surface area contributed by atoms with Crippen LogP contribution in [0.2, 0.25) is 0 Å². The predicted molar refractivity (Wildman–Crippen MR) is 118 cm³/mol. The third kappa shape index (κ3) is 5.16. The number of benzene rings is 2. The van der Waals surface area contributed by atoms with Crippen LogP contribution < -0.4 is 10.2 Å². The first kappa shape index (κ1) is 20.5. The number of carbonyl (C=O) groups excluding carboxylic acids is 2. The first-order valence-corrected chi connectivity index (χ1v) is 11.0. The van der Waals surface area contributed by atoms with E-state index in [1.54, 1.807) is 11.8 Å². The number of carbonyl (C=O) groups is 2. The van der Waals surface area contributed by atoms with Crippen molar-refractivity contribution in [2.75, 3.05) is 16.0 Å². The molecule has 2 amide bonds. The van der Waals surface area contributed by atoms with Gasteiger partial charge in [0.15, 0.2) is 0 Å². The number of aryl methyl sites for hydroxylation is 1. The van der Waals surface area contributed by atoms with Crippen molar-refractivity contribution in [3.05, 3.63) is 59.7 Å². The normalized spacial score (nSPS) is 16.4. The largest absolute Gasteiger partial charge is 0.326 e. The molecule has 1 atom stereocenters. The molecule has 0 saturated carbocycles. The fourth-order valence-corrected chi connectivity index (χ4v) is 4.57. The number of unbranched alkanes of at least 4 members (excludes halogenated alkanes) is 3. The Morgan fingerprint density at radius 1 is 1.14 bits per heavy atom. The Balaban J connectivity index is 1.65. The molecule has 2 aromatic carbocycles. The third-order valence-corrected chi connectivity index (χ3v) is 6.10. The number of nitrogens with zero attached hydrogens (tertiary/aromatic N) is 1. The van der Waals surface area contributed by atoms with Gasteiger partial charge in [0.1, 0.15) is 5.37 Å². The lowest BCUT2D eigenvalue weighted by atomic mass is 10.1. The molecule has 1 aliphatic rings. The van der Waals surface area contributed by atoms with Crippen LogP contribution in [0.4, 0.5) is 11.4 Å². The van der Waals surface area contributed by atoms with Crippen molar-refractivity contribution in [1.29, 1.82) is 0 Å². The second-order valence-corrected chi connectivity index (χ2v) is 8.32. The minimum atomic E-state index is -0.0342. The minimum absolute atomic E-state index is 0.0342. The maximum atomic E-state index is 12.5. The molecule has 0 bridgehead atoms. The van der Waals surface area contributed by atoms with E-state index in [4.69, 9.17) is 0 Å². The predicted octanol–water partition coefficient (Wildman–Crippen LogP) is 5.68. The number of anilines is 2. The monoisotopic (exact) mass is 396 g/mol. The van der Waals surface area contributed by atoms with Crippen LogP contribution >= 0.6 is 11.8 Å². The first-order valence-electron chi connectivity index (χ1n) is 9.98. The summed E-state index contributed by atoms with van der Waals surface area (Å²) in [6, 6.07) is 15.9. The zero-order valence-electron chi connectivity index (χ0n) is 16.6. The number of amides is 2. The molecule has 4 nitrogen and oxygen atoms in total. The van der Waals surface area contributed by atoms with Gasteiger partial charge in [0.05, 0.1) is 5.75 Å². The van der Waals surface area contributed by atoms with E-state index >= 15 is 0 Å². The summed E-state index contributed by atoms with van der Waals surface area (Å²) in [6.07, 6.45) is 4.95. The van der Waals surface area contributed by atoms with Gasteiger partial charge in [-0.3, -0.25) is 14.5 Å². The van der Waals surface area contributed by atoms with Gasteiger partial charge in [-0.05, 0) is 48.7 Å². The van der Waals surface area contributed by atoms with Crippen molar-refractivity contribution >= 4 is 35.0 Å². The second kappa shape index (κ2) is 9.78. The smallest absolute Gasteiger partial charge is 0.238 e. The molecule has 1 fully saturated rings. The molecule has 0 aromatic heterocycles. The van der Waals surface area contributed by atoms with Gasteiger partial charge in [0, 0.05) is 17.8 Å². The van der Waals surface area contributed by atoms with Crippen molar-refractivity contribution < 1.29 is 9.59 Å². The summed E-state index contributed by atoms with van der Waals surface area (Å²) in [5, 5.41) is 2.94. The lowest BCUT2D eigenvalue weighted by Crippen LogP contribution is -2.27. The summed E-state index contributed by atoms with van der Waals surface area (Å²) in [7, 11) is 0. The second-order valence-electron chi connectivity index (χ2n) is 7.25. The lowest BCUT2D eigenvalue weighted by molar-refractivity contribution is -0.116. The molecular weight excluding hydrogens is 368 g/mol. The van der Waals surface area contributed by atoms with Crippen LogP contribution in [-0.2, 0) is 9.59 Å². The first-order chi connectivity index (χ1) is 13.6. The van der Waals surface area contributed by atoms with Gasteiger partial charge < -0.3 is 5.32 Å². The molecule has 0 unspecified atom stereocenters. The van der Waals surface area contributed by atoms with E-state index in [0.29, 0.717) is 12.2 Å². The molecule has 2 aromatic rings. The molecule has 148 valence electrons. The van der Waals surface area contributed by atoms with E-state index in [-0.39, 0.29) is 17.2 Å². The SMILES string of the molecule is CCCCCCC(=O)Nc1ccc([C@@H]2SCC(=O)N2c2cccc(C)c2)cc1. The summed E-state index contributed by atoms with van der Waals surface area (Å²) in [6.45, 7) is 4.20. The summed E-state index contributed by atoms with van der Waals surface area (Å²) >= 11 is 1.64. The zero-order chi connectivity index (χ0) is 19.9. The van der Waals surface area contributed by atoms with Crippen LogP contribution in [0.1, 0.15) is 55.5 Å². The zero-order valence-corrected chi connectivity index (χ0v) is 17.4. The molecule has 5 heteroatoms. The molecule has 0 spiro atoms. The van der Waals surface area contributed by atoms with Crippen LogP contribution in [0.3, 0.4) is 0 Å². The molecule has 0 aliphatic carbocycles. The molecule has 0 radical (unpaired) electrons. The highest BCUT2D eigenvalue weighted by atomic mass is 32.2. The Hall–Kier alpha value is -2.27. The van der Waals surface area contributed by atoms with E-state index in [9.17, 15) is 9.59 Å². The summed E-state index contributed by atoms with van der Waals surface area (Å²) in [4.78, 5) is 26.4. The van der Waals surface area contributed by atoms with Crippen molar-refractivity contribution in [2.45, 2.75) is 51.3 Å². The van der Waals surface area contributed by atoms with Gasteiger partial charge in [0.2, 0.25) is 11.8 Å². The Bertz CT molecular complexity index is 820. The molecule has 1 N–H and O–H groups in total. The number of hydrogen-bond donors (Lipinski definition) is 1. The molecule has 3 rings (SSSR count). The topological polar surface area (TPSA) is 49.4 Å². The third-order valence-electron chi connectivity index (χ3n) is 4.88. The highest BCUT2D eigenvalue weighted by Gasteiger charge is 2.34. The summed E-state index contributed by atoms with van der Waals surface area (Å²) in [5.74, 6) is 0.676. The van der Waals surface area contributed by atoms with Crippen LogP contribution in [0.5, 0.6) is 0 Å². The summed E-state index contributed by atoms with van der Waals surface area (Å²) < 4.78 is 0. The molecule has 1 aliphatic heterocycles. The van der Waals surface area contributed by atoms with Crippen molar-refractivity contribution in [3.63, 3.8) is 0 Å². The van der Waals surface area contributed by atoms with Crippen molar-refractivity contribution in [1.82, 2.24) is 0 Å². The maximum absolute atomic E-state index is 12.5. The summed E-state index contributed by atoms with van der Waals surface area (Å²) in [5.41, 5.74) is 3.95. The number of nitrogens with one attached hydrogen (secondary N) is 1. The van der Waals surface area contributed by atoms with Gasteiger partial charge in [-0.25, -0.2) is 0 Å². The van der Waals surface area contributed by atoms with E-state index in [1.807, 2.05) is 60.4 Å². The molecule has 28 heavy (non-hydrogen) atoms. The van der Waals surface area contributed by atoms with Crippen LogP contribution in [0, 0.1) is 6.92 Å². The van der Waals surface area contributed by atoms with Gasteiger partial charge in [-0.15, -0.1) is 11.8 Å². The lowest BCUT2D eigenvalue weighted by Gasteiger charge is -2.25. The Morgan fingerprint density at radius 3 is 2.64 bits per heavy atom. The maximum Gasteiger partial charge on any atom is 0.238 e. The van der Waals surface area contributed by atoms with Gasteiger partial charge in [-0.2, -0.15) is 0 Å². The van der Waals surface area contributed by atoms with Crippen LogP contribution in [0.15, 0.2) is 48.5 Å². The number of rotatable bonds is 8. The Morgan fingerprint density at radius 2 is 1.93 bits per heavy atom. The number of hydrogen-bond acceptors (Lipinski definition) is 3. The highest BCUT2D eigenvalue weighted by Crippen LogP contribution is 2.42. The van der Waals surface area contributed by atoms with E-state index in [2.05, 4.69) is 12.2 Å². The standard InChI is InChI=1S/C23H28N2O2S/c1-3-4-5-6-10-21(26)24-19-13-11-18(12-14-19)23-25(22(27)16-28-23)20-9-7-8-17(2)15-20/h7-9,11-15,23H,3-6,10,16H2,1-2H3,(H,24,26)/t23-/m0/s1. The Labute approximate surface area is 171 Å². The fourth-order valence-electron chi connectivity index (χ4n) is 3.39. The molecular formula is C23H28N2O2S. The molecule has 1 heterocycles. The fraction of sp³-hybridized carbons (Fsp3) is 0.391. The quantitative estimate of drug-likeness (QED) is 0.584. The van der Waals surface area contributed by atoms with Gasteiger partial charge >= 0.3 is 0 Å². The van der Waals surface area contributed by atoms with Crippen molar-refractivity contribution in [2.24, 2.45) is 0 Å². The van der Waals surface area contributed by atoms with Gasteiger partial charge in [0.25, 0.3) is 0 Å². The van der Waals surface area contributed by atoms with E-state index in [0.717, 1.165) is 35.3 Å². The highest BCUT2D eigenvalue weighted by molar-refractivity contribution is 8.00. The number of thioether (sulfide) groups is 1. The average Bonchev–Trinajstić information content (AvgIpc) is 3.07. The van der Waals surface area contributed by atoms with E-state index in [1.165, 1.54) is 12.8 Å². The average molecular weight is 397 g/mol. The van der Waals surface area contributed by atoms with Crippen molar-refractivity contribution in [3.8, 4) is 0 Å². The van der Waals surface area contributed by atoms with Crippen LogP contribution in [-0.4, -0.2) is 17.6 Å². The van der Waals surface area contributed by atoms with Crippen LogP contribution in [0.25, 0.3) is 0 Å². The minimum Gasteiger partial charge on any atom is -0.326 e. The van der Waals surface area contributed by atoms with E-state index < -0.39 is 0 Å². The Kier molecular flexibility index (Phi) is 7.15.